The molecule has 2 unspecified atom stereocenters. The van der Waals surface area contributed by atoms with Crippen LogP contribution in [0.5, 0.6) is 0 Å². The summed E-state index contributed by atoms with van der Waals surface area (Å²) in [6, 6.07) is 0. The van der Waals surface area contributed by atoms with Gasteiger partial charge in [-0.25, -0.2) is 0 Å². The van der Waals surface area contributed by atoms with Crippen molar-refractivity contribution in [2.75, 3.05) is 19.3 Å². The fourth-order valence-corrected chi connectivity index (χ4v) is 1.90. The van der Waals surface area contributed by atoms with Gasteiger partial charge in [-0.1, -0.05) is 6.92 Å². The highest BCUT2D eigenvalue weighted by atomic mass is 31.1. The Hall–Kier alpha value is 0.390. The molecule has 2 atom stereocenters. The Morgan fingerprint density at radius 3 is 2.86 bits per heavy atom. The minimum atomic E-state index is 0.953. The highest BCUT2D eigenvalue weighted by Crippen LogP contribution is 2.18. The maximum atomic E-state index is 3.34. The minimum Gasteiger partial charge on any atom is -0.316 e. The van der Waals surface area contributed by atoms with Gasteiger partial charge in [0.25, 0.3) is 0 Å². The van der Waals surface area contributed by atoms with Crippen LogP contribution in [0, 0.1) is 0 Å². The van der Waals surface area contributed by atoms with E-state index < -0.39 is 0 Å². The standard InChI is InChI=1S/C5H12NP/c1-5-4-6-2-3-7-5/h5-7H,2-4H2,1H3. The maximum Gasteiger partial charge on any atom is 0.00140 e. The molecule has 1 fully saturated rings. The van der Waals surface area contributed by atoms with E-state index in [2.05, 4.69) is 12.2 Å². The molecular weight excluding hydrogens is 105 g/mol. The van der Waals surface area contributed by atoms with Gasteiger partial charge in [-0.2, -0.15) is 0 Å². The zero-order valence-electron chi connectivity index (χ0n) is 4.70. The molecule has 0 bridgehead atoms. The van der Waals surface area contributed by atoms with E-state index >= 15 is 0 Å². The molecular formula is C5H12NP. The largest absolute Gasteiger partial charge is 0.316 e. The van der Waals surface area contributed by atoms with E-state index in [4.69, 9.17) is 0 Å². The zero-order valence-corrected chi connectivity index (χ0v) is 5.70. The van der Waals surface area contributed by atoms with Gasteiger partial charge in [0.05, 0.1) is 0 Å². The first-order valence-corrected chi connectivity index (χ1v) is 4.12. The monoisotopic (exact) mass is 117 g/mol. The first-order chi connectivity index (χ1) is 3.39. The van der Waals surface area contributed by atoms with E-state index in [9.17, 15) is 0 Å². The number of rotatable bonds is 0. The third kappa shape index (κ3) is 1.75. The Morgan fingerprint density at radius 1 is 1.71 bits per heavy atom. The lowest BCUT2D eigenvalue weighted by atomic mass is 10.4. The molecule has 1 heterocycles. The van der Waals surface area contributed by atoms with E-state index in [1.54, 1.807) is 0 Å². The minimum absolute atomic E-state index is 0.953. The second-order valence-corrected chi connectivity index (χ2v) is 3.95. The van der Waals surface area contributed by atoms with Gasteiger partial charge in [0, 0.05) is 6.54 Å². The molecule has 1 saturated heterocycles. The summed E-state index contributed by atoms with van der Waals surface area (Å²) in [6.07, 6.45) is 1.40. The van der Waals surface area contributed by atoms with Crippen LogP contribution in [0.3, 0.4) is 0 Å². The van der Waals surface area contributed by atoms with Gasteiger partial charge in [0.2, 0.25) is 0 Å². The number of hydrogen-bond donors (Lipinski definition) is 1. The predicted molar refractivity (Wildman–Crippen MR) is 35.5 cm³/mol. The van der Waals surface area contributed by atoms with Crippen LogP contribution < -0.4 is 5.32 Å². The lowest BCUT2D eigenvalue weighted by Gasteiger charge is -2.17. The van der Waals surface area contributed by atoms with Crippen LogP contribution in [0.4, 0.5) is 0 Å². The smallest absolute Gasteiger partial charge is 0.00140 e. The quantitative estimate of drug-likeness (QED) is 0.459. The normalized spacial score (nSPS) is 36.4. The molecule has 0 aromatic heterocycles. The van der Waals surface area contributed by atoms with Crippen molar-refractivity contribution in [3.05, 3.63) is 0 Å². The molecule has 0 aromatic rings. The predicted octanol–water partition coefficient (Wildman–Crippen LogP) is 0.657. The van der Waals surface area contributed by atoms with Crippen LogP contribution in [-0.2, 0) is 0 Å². The van der Waals surface area contributed by atoms with Crippen molar-refractivity contribution in [2.24, 2.45) is 0 Å². The highest BCUT2D eigenvalue weighted by Gasteiger charge is 2.04. The van der Waals surface area contributed by atoms with Gasteiger partial charge >= 0.3 is 0 Å². The second kappa shape index (κ2) is 2.64. The van der Waals surface area contributed by atoms with Gasteiger partial charge in [-0.05, 0) is 18.4 Å². The first-order valence-electron chi connectivity index (χ1n) is 2.83. The van der Waals surface area contributed by atoms with E-state index in [1.807, 2.05) is 0 Å². The van der Waals surface area contributed by atoms with Crippen LogP contribution in [0.1, 0.15) is 6.92 Å². The highest BCUT2D eigenvalue weighted by molar-refractivity contribution is 7.39. The summed E-state index contributed by atoms with van der Waals surface area (Å²) in [6.45, 7) is 4.81. The Labute approximate surface area is 46.7 Å². The van der Waals surface area contributed by atoms with Gasteiger partial charge in [-0.3, -0.25) is 0 Å². The molecule has 2 heteroatoms. The van der Waals surface area contributed by atoms with E-state index in [0.29, 0.717) is 0 Å². The number of nitrogens with one attached hydrogen (secondary N) is 1. The summed E-state index contributed by atoms with van der Waals surface area (Å²) in [7, 11) is 1.21. The molecule has 42 valence electrons. The summed E-state index contributed by atoms with van der Waals surface area (Å²) in [4.78, 5) is 0. The van der Waals surface area contributed by atoms with E-state index in [1.165, 1.54) is 27.8 Å². The molecule has 1 rings (SSSR count). The molecule has 0 radical (unpaired) electrons. The van der Waals surface area contributed by atoms with Crippen LogP contribution in [0.15, 0.2) is 0 Å². The molecule has 1 N–H and O–H groups in total. The van der Waals surface area contributed by atoms with Crippen LogP contribution in [0.25, 0.3) is 0 Å². The van der Waals surface area contributed by atoms with E-state index in [0.717, 1.165) is 5.66 Å². The lowest BCUT2D eigenvalue weighted by Crippen LogP contribution is -2.29. The van der Waals surface area contributed by atoms with Crippen molar-refractivity contribution in [1.29, 1.82) is 0 Å². The molecule has 0 saturated carbocycles. The van der Waals surface area contributed by atoms with Crippen molar-refractivity contribution in [1.82, 2.24) is 5.32 Å². The SMILES string of the molecule is CC1CNCCP1. The molecule has 1 aliphatic rings. The van der Waals surface area contributed by atoms with Crippen molar-refractivity contribution < 1.29 is 0 Å². The summed E-state index contributed by atoms with van der Waals surface area (Å²) >= 11 is 0. The van der Waals surface area contributed by atoms with Crippen molar-refractivity contribution >= 4 is 8.58 Å². The fourth-order valence-electron chi connectivity index (χ4n) is 0.798. The van der Waals surface area contributed by atoms with Crippen LogP contribution in [0.2, 0.25) is 0 Å². The molecule has 1 aliphatic heterocycles. The first kappa shape index (κ1) is 5.53. The van der Waals surface area contributed by atoms with Gasteiger partial charge in [0.1, 0.15) is 0 Å². The lowest BCUT2D eigenvalue weighted by molar-refractivity contribution is 0.689. The molecule has 1 nitrogen and oxygen atoms in total. The Balaban J connectivity index is 2.12. The Kier molecular flexibility index (Phi) is 2.08. The summed E-state index contributed by atoms with van der Waals surface area (Å²) in [5, 5.41) is 3.34. The maximum absolute atomic E-state index is 3.34. The van der Waals surface area contributed by atoms with Crippen LogP contribution in [-0.4, -0.2) is 24.9 Å². The molecule has 7 heavy (non-hydrogen) atoms. The Bertz CT molecular complexity index is 50.0. The zero-order chi connectivity index (χ0) is 5.11. The van der Waals surface area contributed by atoms with Crippen molar-refractivity contribution in [3.8, 4) is 0 Å². The van der Waals surface area contributed by atoms with Gasteiger partial charge in [-0.15, -0.1) is 8.58 Å². The third-order valence-electron chi connectivity index (χ3n) is 1.25. The molecule has 0 spiro atoms. The Morgan fingerprint density at radius 2 is 2.57 bits per heavy atom. The van der Waals surface area contributed by atoms with E-state index in [-0.39, 0.29) is 0 Å². The van der Waals surface area contributed by atoms with Crippen molar-refractivity contribution in [3.63, 3.8) is 0 Å². The van der Waals surface area contributed by atoms with Gasteiger partial charge in [0.15, 0.2) is 0 Å². The fraction of sp³-hybridized carbons (Fsp3) is 1.00. The molecule has 0 aliphatic carbocycles. The molecule has 0 amide bonds. The third-order valence-corrected chi connectivity index (χ3v) is 2.68. The van der Waals surface area contributed by atoms with Gasteiger partial charge < -0.3 is 5.32 Å². The average molecular weight is 117 g/mol. The van der Waals surface area contributed by atoms with Crippen LogP contribution >= 0.6 is 8.58 Å². The summed E-state index contributed by atoms with van der Waals surface area (Å²) in [5.74, 6) is 0. The summed E-state index contributed by atoms with van der Waals surface area (Å²) in [5.41, 5.74) is 0.953. The van der Waals surface area contributed by atoms with Crippen molar-refractivity contribution in [2.45, 2.75) is 12.6 Å². The number of hydrogen-bond acceptors (Lipinski definition) is 1. The average Bonchev–Trinajstić information content (AvgIpc) is 1.69. The summed E-state index contributed by atoms with van der Waals surface area (Å²) < 4.78 is 0. The topological polar surface area (TPSA) is 12.0 Å². The molecule has 0 aromatic carbocycles. The second-order valence-electron chi connectivity index (χ2n) is 2.06.